The number of alkyl halides is 3. The van der Waals surface area contributed by atoms with Crippen LogP contribution in [0.1, 0.15) is 12.6 Å². The van der Waals surface area contributed by atoms with Crippen LogP contribution in [0.3, 0.4) is 0 Å². The van der Waals surface area contributed by atoms with Crippen LogP contribution in [-0.4, -0.2) is 28.8 Å². The first-order valence-electron chi connectivity index (χ1n) is 5.39. The highest BCUT2D eigenvalue weighted by Crippen LogP contribution is 2.30. The number of pyridine rings is 1. The molecule has 0 aliphatic rings. The fourth-order valence-corrected chi connectivity index (χ4v) is 2.14. The molecule has 0 radical (unpaired) electrons. The van der Waals surface area contributed by atoms with Gasteiger partial charge in [0.15, 0.2) is 0 Å². The van der Waals surface area contributed by atoms with Crippen molar-refractivity contribution in [2.24, 2.45) is 0 Å². The second-order valence-corrected chi connectivity index (χ2v) is 4.69. The number of hydrogen-bond acceptors (Lipinski definition) is 6. The molecule has 0 saturated heterocycles. The Kier molecular flexibility index (Phi) is 5.69. The van der Waals surface area contributed by atoms with Crippen molar-refractivity contribution < 1.29 is 32.4 Å². The lowest BCUT2D eigenvalue weighted by atomic mass is 10.2. The summed E-state index contributed by atoms with van der Waals surface area (Å²) in [5.74, 6) is -1.72. The summed E-state index contributed by atoms with van der Waals surface area (Å²) in [4.78, 5) is 24.8. The Labute approximate surface area is 129 Å². The molecule has 1 aromatic heterocycles. The van der Waals surface area contributed by atoms with Gasteiger partial charge in [0.25, 0.3) is 0 Å². The van der Waals surface area contributed by atoms with Gasteiger partial charge in [0, 0.05) is 6.07 Å². The van der Waals surface area contributed by atoms with Crippen molar-refractivity contribution in [3.8, 4) is 5.88 Å². The van der Waals surface area contributed by atoms with Crippen molar-refractivity contribution in [2.75, 3.05) is 6.61 Å². The Morgan fingerprint density at radius 2 is 2.14 bits per heavy atom. The molecule has 1 aromatic rings. The quantitative estimate of drug-likeness (QED) is 0.315. The molecular weight excluding hydrogens is 412 g/mol. The molecule has 1 heterocycles. The van der Waals surface area contributed by atoms with Crippen LogP contribution in [-0.2, 0) is 16.0 Å². The third kappa shape index (κ3) is 5.32. The van der Waals surface area contributed by atoms with Gasteiger partial charge in [-0.3, -0.25) is 14.9 Å². The predicted octanol–water partition coefficient (Wildman–Crippen LogP) is 2.60. The van der Waals surface area contributed by atoms with Gasteiger partial charge >= 0.3 is 18.0 Å². The van der Waals surface area contributed by atoms with E-state index in [1.807, 2.05) is 0 Å². The van der Waals surface area contributed by atoms with Gasteiger partial charge in [0.05, 0.1) is 21.5 Å². The van der Waals surface area contributed by atoms with Crippen molar-refractivity contribution in [1.82, 2.24) is 4.98 Å². The van der Waals surface area contributed by atoms with Gasteiger partial charge in [-0.25, -0.2) is 4.98 Å². The van der Waals surface area contributed by atoms with Crippen LogP contribution in [0.4, 0.5) is 18.9 Å². The third-order valence-corrected chi connectivity index (χ3v) is 2.84. The van der Waals surface area contributed by atoms with E-state index in [2.05, 4.69) is 14.5 Å². The average Bonchev–Trinajstić information content (AvgIpc) is 2.24. The Morgan fingerprint density at radius 1 is 1.52 bits per heavy atom. The topological polar surface area (TPSA) is 91.6 Å². The fraction of sp³-hybridized carbons (Fsp3) is 0.400. The van der Waals surface area contributed by atoms with Gasteiger partial charge in [0.1, 0.15) is 5.69 Å². The molecule has 0 unspecified atom stereocenters. The molecular formula is C10H8F3IN2O5. The third-order valence-electron chi connectivity index (χ3n) is 2.01. The first-order chi connectivity index (χ1) is 9.64. The lowest BCUT2D eigenvalue weighted by Crippen LogP contribution is -2.19. The van der Waals surface area contributed by atoms with Gasteiger partial charge < -0.3 is 9.47 Å². The molecule has 0 aromatic carbocycles. The maximum Gasteiger partial charge on any atom is 0.574 e. The first kappa shape index (κ1) is 17.4. The van der Waals surface area contributed by atoms with E-state index in [0.29, 0.717) is 0 Å². The van der Waals surface area contributed by atoms with Crippen LogP contribution >= 0.6 is 22.6 Å². The zero-order valence-corrected chi connectivity index (χ0v) is 12.6. The molecule has 0 aliphatic carbocycles. The number of carbonyl (C=O) groups excluding carboxylic acids is 1. The molecule has 1 rings (SSSR count). The summed E-state index contributed by atoms with van der Waals surface area (Å²) in [7, 11) is 0. The normalized spacial score (nSPS) is 11.1. The van der Waals surface area contributed by atoms with Crippen LogP contribution in [0.5, 0.6) is 5.88 Å². The standard InChI is InChI=1S/C10H8F3IN2O5/c1-2-20-8(17)4-6-9(16(18)19)5(14)3-7(15-6)21-10(11,12)13/h3H,2,4H2,1H3. The maximum atomic E-state index is 12.2. The molecule has 0 amide bonds. The summed E-state index contributed by atoms with van der Waals surface area (Å²) in [6, 6.07) is 0.765. The number of nitrogens with zero attached hydrogens (tertiary/aromatic N) is 2. The van der Waals surface area contributed by atoms with E-state index in [0.717, 1.165) is 6.07 Å². The number of carbonyl (C=O) groups is 1. The van der Waals surface area contributed by atoms with Gasteiger partial charge in [-0.1, -0.05) is 0 Å². The van der Waals surface area contributed by atoms with E-state index < -0.39 is 40.9 Å². The molecule has 0 bridgehead atoms. The zero-order chi connectivity index (χ0) is 16.2. The molecule has 7 nitrogen and oxygen atoms in total. The second-order valence-electron chi connectivity index (χ2n) is 3.52. The molecule has 0 aliphatic heterocycles. The summed E-state index contributed by atoms with van der Waals surface area (Å²) >= 11 is 1.47. The summed E-state index contributed by atoms with van der Waals surface area (Å²) in [6.07, 6.45) is -5.62. The van der Waals surface area contributed by atoms with Crippen molar-refractivity contribution in [1.29, 1.82) is 0 Å². The van der Waals surface area contributed by atoms with Crippen molar-refractivity contribution in [3.63, 3.8) is 0 Å². The Bertz CT molecular complexity index is 564. The van der Waals surface area contributed by atoms with E-state index in [-0.39, 0.29) is 10.2 Å². The van der Waals surface area contributed by atoms with Crippen molar-refractivity contribution in [2.45, 2.75) is 19.7 Å². The highest BCUT2D eigenvalue weighted by Gasteiger charge is 2.33. The molecule has 0 saturated carbocycles. The SMILES string of the molecule is CCOC(=O)Cc1nc(OC(F)(F)F)cc(I)c1[N+](=O)[O-]. The number of esters is 1. The van der Waals surface area contributed by atoms with Crippen molar-refractivity contribution >= 4 is 34.2 Å². The van der Waals surface area contributed by atoms with E-state index in [1.165, 1.54) is 29.5 Å². The number of nitro groups is 1. The van der Waals surface area contributed by atoms with Crippen LogP contribution in [0, 0.1) is 13.7 Å². The number of hydrogen-bond donors (Lipinski definition) is 0. The first-order valence-corrected chi connectivity index (χ1v) is 6.47. The van der Waals surface area contributed by atoms with Gasteiger partial charge in [-0.05, 0) is 29.5 Å². The van der Waals surface area contributed by atoms with Crippen LogP contribution in [0.25, 0.3) is 0 Å². The number of aromatic nitrogens is 1. The molecule has 21 heavy (non-hydrogen) atoms. The zero-order valence-electron chi connectivity index (χ0n) is 10.4. The lowest BCUT2D eigenvalue weighted by Gasteiger charge is -2.10. The van der Waals surface area contributed by atoms with Crippen molar-refractivity contribution in [3.05, 3.63) is 25.4 Å². The Balaban J connectivity index is 3.22. The molecule has 116 valence electrons. The molecule has 11 heteroatoms. The smallest absolute Gasteiger partial charge is 0.466 e. The van der Waals surface area contributed by atoms with E-state index in [4.69, 9.17) is 0 Å². The Morgan fingerprint density at radius 3 is 2.62 bits per heavy atom. The number of ether oxygens (including phenoxy) is 2. The van der Waals surface area contributed by atoms with Crippen LogP contribution < -0.4 is 4.74 Å². The van der Waals surface area contributed by atoms with E-state index in [9.17, 15) is 28.1 Å². The molecule has 0 atom stereocenters. The fourth-order valence-electron chi connectivity index (χ4n) is 1.37. The lowest BCUT2D eigenvalue weighted by molar-refractivity contribution is -0.387. The average molecular weight is 420 g/mol. The van der Waals surface area contributed by atoms with Gasteiger partial charge in [-0.15, -0.1) is 13.2 Å². The number of rotatable bonds is 5. The maximum absolute atomic E-state index is 12.2. The summed E-state index contributed by atoms with van der Waals surface area (Å²) in [6.45, 7) is 1.55. The summed E-state index contributed by atoms with van der Waals surface area (Å²) < 4.78 is 44.5. The van der Waals surface area contributed by atoms with E-state index >= 15 is 0 Å². The monoisotopic (exact) mass is 420 g/mol. The predicted molar refractivity (Wildman–Crippen MR) is 70.6 cm³/mol. The molecule has 0 N–H and O–H groups in total. The van der Waals surface area contributed by atoms with Crippen LogP contribution in [0.15, 0.2) is 6.07 Å². The van der Waals surface area contributed by atoms with E-state index in [1.54, 1.807) is 0 Å². The minimum Gasteiger partial charge on any atom is -0.466 e. The Hall–Kier alpha value is -1.66. The van der Waals surface area contributed by atoms with Gasteiger partial charge in [0.2, 0.25) is 5.88 Å². The van der Waals surface area contributed by atoms with Crippen LogP contribution in [0.2, 0.25) is 0 Å². The minimum atomic E-state index is -4.99. The summed E-state index contributed by atoms with van der Waals surface area (Å²) in [5, 5.41) is 10.9. The summed E-state index contributed by atoms with van der Waals surface area (Å²) in [5.41, 5.74) is -1.01. The highest BCUT2D eigenvalue weighted by atomic mass is 127. The van der Waals surface area contributed by atoms with Gasteiger partial charge in [-0.2, -0.15) is 0 Å². The molecule has 0 spiro atoms. The largest absolute Gasteiger partial charge is 0.574 e. The minimum absolute atomic E-state index is 0.0302. The highest BCUT2D eigenvalue weighted by molar-refractivity contribution is 14.1. The molecule has 0 fully saturated rings. The number of halogens is 4. The second kappa shape index (κ2) is 6.87.